The first-order chi connectivity index (χ1) is 12.5. The number of carbonyl (C=O) groups excluding carboxylic acids is 1. The van der Waals surface area contributed by atoms with Crippen LogP contribution in [0.2, 0.25) is 0 Å². The van der Waals surface area contributed by atoms with Crippen LogP contribution in [0, 0.1) is 18.2 Å². The van der Waals surface area contributed by atoms with Crippen LogP contribution in [0.25, 0.3) is 0 Å². The normalized spacial score (nSPS) is 15.7. The maximum atomic E-state index is 13.2. The number of aryl methyl sites for hydroxylation is 1. The van der Waals surface area contributed by atoms with E-state index < -0.39 is 0 Å². The van der Waals surface area contributed by atoms with Gasteiger partial charge in [-0.3, -0.25) is 9.69 Å². The van der Waals surface area contributed by atoms with Crippen molar-refractivity contribution in [1.82, 2.24) is 6.15 Å². The van der Waals surface area contributed by atoms with Crippen molar-refractivity contribution in [2.75, 3.05) is 10.7 Å². The topological polar surface area (TPSA) is 79.2 Å². The van der Waals surface area contributed by atoms with Gasteiger partial charge in [0.25, 0.3) is 0 Å². The molecule has 4 N–H and O–H groups in total. The number of anilines is 1. The van der Waals surface area contributed by atoms with Gasteiger partial charge in [-0.2, -0.15) is 0 Å². The lowest BCUT2D eigenvalue weighted by atomic mass is 10.0. The zero-order chi connectivity index (χ0) is 19.3. The third kappa shape index (κ3) is 5.40. The first-order valence-corrected chi connectivity index (χ1v) is 9.83. The molecule has 6 heteroatoms. The summed E-state index contributed by atoms with van der Waals surface area (Å²) in [5.41, 5.74) is 4.49. The van der Waals surface area contributed by atoms with Crippen LogP contribution in [0.4, 0.5) is 10.1 Å². The minimum absolute atomic E-state index is 0. The molecule has 1 heterocycles. The molecule has 1 amide bonds. The fourth-order valence-electron chi connectivity index (χ4n) is 2.96. The van der Waals surface area contributed by atoms with E-state index >= 15 is 0 Å². The average molecular weight is 390 g/mol. The molecule has 0 spiro atoms. The molecule has 1 fully saturated rings. The van der Waals surface area contributed by atoms with E-state index in [1.54, 1.807) is 35.7 Å². The zero-order valence-electron chi connectivity index (χ0n) is 16.4. The van der Waals surface area contributed by atoms with Crippen LogP contribution in [-0.2, 0) is 11.2 Å². The molecule has 1 saturated heterocycles. The number of amides is 1. The molecular weight excluding hydrogens is 361 g/mol. The van der Waals surface area contributed by atoms with Gasteiger partial charge >= 0.3 is 0 Å². The summed E-state index contributed by atoms with van der Waals surface area (Å²) in [6, 6.07) is 12.3. The van der Waals surface area contributed by atoms with Gasteiger partial charge in [0.15, 0.2) is 0 Å². The van der Waals surface area contributed by atoms with Crippen molar-refractivity contribution in [2.45, 2.75) is 39.5 Å². The molecule has 1 unspecified atom stereocenters. The van der Waals surface area contributed by atoms with E-state index in [4.69, 9.17) is 5.41 Å². The zero-order valence-corrected chi connectivity index (χ0v) is 17.2. The Morgan fingerprint density at radius 3 is 2.41 bits per heavy atom. The third-order valence-electron chi connectivity index (χ3n) is 4.01. The number of hydrogen-bond donors (Lipinski definition) is 2. The summed E-state index contributed by atoms with van der Waals surface area (Å²) in [6.07, 6.45) is 0.616. The van der Waals surface area contributed by atoms with Gasteiger partial charge in [0, 0.05) is 17.8 Å². The van der Waals surface area contributed by atoms with Crippen LogP contribution >= 0.6 is 11.8 Å². The molecule has 1 aliphatic rings. The van der Waals surface area contributed by atoms with Gasteiger partial charge in [-0.25, -0.2) is 4.39 Å². The molecule has 0 saturated carbocycles. The second kappa shape index (κ2) is 10.2. The Bertz CT molecular complexity index is 793. The number of thioether (sulfide) groups is 1. The molecule has 2 aromatic carbocycles. The molecule has 4 nitrogen and oxygen atoms in total. The predicted octanol–water partition coefficient (Wildman–Crippen LogP) is 5.68. The van der Waals surface area contributed by atoms with Gasteiger partial charge in [0.2, 0.25) is 5.91 Å². The number of halogens is 1. The van der Waals surface area contributed by atoms with Crippen LogP contribution in [0.3, 0.4) is 0 Å². The largest absolute Gasteiger partial charge is 0.344 e. The number of benzene rings is 2. The molecule has 0 radical (unpaired) electrons. The van der Waals surface area contributed by atoms with E-state index in [-0.39, 0.29) is 23.2 Å². The number of rotatable bonds is 4. The van der Waals surface area contributed by atoms with Gasteiger partial charge in [-0.1, -0.05) is 38.1 Å². The van der Waals surface area contributed by atoms with E-state index in [0.717, 1.165) is 22.4 Å². The molecule has 3 rings (SSSR count). The predicted molar refractivity (Wildman–Crippen MR) is 114 cm³/mol. The van der Waals surface area contributed by atoms with Gasteiger partial charge in [0.1, 0.15) is 11.2 Å². The van der Waals surface area contributed by atoms with Crippen LogP contribution in [0.15, 0.2) is 42.5 Å². The maximum Gasteiger partial charge on any atom is 0.238 e. The molecule has 0 aliphatic carbocycles. The summed E-state index contributed by atoms with van der Waals surface area (Å²) < 4.78 is 13.2. The molecule has 146 valence electrons. The number of carbonyl (C=O) groups is 1. The fourth-order valence-corrected chi connectivity index (χ4v) is 4.13. The molecular formula is C21H28FN3OS. The summed E-state index contributed by atoms with van der Waals surface area (Å²) in [7, 11) is 0. The van der Waals surface area contributed by atoms with E-state index in [1.165, 1.54) is 12.1 Å². The molecule has 0 aromatic heterocycles. The minimum atomic E-state index is -0.276. The first-order valence-electron chi connectivity index (χ1n) is 8.78. The van der Waals surface area contributed by atoms with Gasteiger partial charge in [0.05, 0.1) is 5.75 Å². The second-order valence-corrected chi connectivity index (χ2v) is 7.13. The Kier molecular flexibility index (Phi) is 8.66. The van der Waals surface area contributed by atoms with Crippen molar-refractivity contribution in [1.29, 1.82) is 5.41 Å². The SMILES string of the molecule is CC.CC(=N)Cc1ccc(N2C(=O)CSC2c2ccc(F)cc2)c(C)c1.N. The van der Waals surface area contributed by atoms with Crippen LogP contribution in [0.1, 0.15) is 42.8 Å². The third-order valence-corrected chi connectivity index (χ3v) is 5.23. The average Bonchev–Trinajstić information content (AvgIpc) is 2.98. The van der Waals surface area contributed by atoms with Crippen molar-refractivity contribution in [3.05, 3.63) is 65.0 Å². The summed E-state index contributed by atoms with van der Waals surface area (Å²) in [4.78, 5) is 14.2. The number of nitrogens with one attached hydrogen (secondary N) is 1. The summed E-state index contributed by atoms with van der Waals surface area (Å²) in [5.74, 6) is 0.207. The second-order valence-electron chi connectivity index (χ2n) is 6.06. The Morgan fingerprint density at radius 1 is 1.22 bits per heavy atom. The fraction of sp³-hybridized carbons (Fsp3) is 0.333. The summed E-state index contributed by atoms with van der Waals surface area (Å²) in [6.45, 7) is 7.77. The lowest BCUT2D eigenvalue weighted by Gasteiger charge is -2.26. The van der Waals surface area contributed by atoms with Crippen LogP contribution in [-0.4, -0.2) is 17.4 Å². The Hall–Kier alpha value is -2.18. The highest BCUT2D eigenvalue weighted by atomic mass is 32.2. The van der Waals surface area contributed by atoms with Crippen molar-refractivity contribution < 1.29 is 9.18 Å². The maximum absolute atomic E-state index is 13.2. The summed E-state index contributed by atoms with van der Waals surface area (Å²) >= 11 is 1.56. The molecule has 0 bridgehead atoms. The van der Waals surface area contributed by atoms with Crippen molar-refractivity contribution >= 4 is 29.1 Å². The van der Waals surface area contributed by atoms with Crippen molar-refractivity contribution in [2.24, 2.45) is 0 Å². The monoisotopic (exact) mass is 389 g/mol. The Balaban J connectivity index is 0.00000118. The molecule has 2 aromatic rings. The number of nitrogens with zero attached hydrogens (tertiary/aromatic N) is 1. The molecule has 1 atom stereocenters. The smallest absolute Gasteiger partial charge is 0.238 e. The van der Waals surface area contributed by atoms with Gasteiger partial charge in [-0.05, 0) is 48.7 Å². The number of hydrogen-bond acceptors (Lipinski definition) is 4. The van der Waals surface area contributed by atoms with Crippen LogP contribution in [0.5, 0.6) is 0 Å². The molecule has 1 aliphatic heterocycles. The highest BCUT2D eigenvalue weighted by molar-refractivity contribution is 8.00. The Morgan fingerprint density at radius 2 is 1.85 bits per heavy atom. The van der Waals surface area contributed by atoms with Crippen molar-refractivity contribution in [3.8, 4) is 0 Å². The minimum Gasteiger partial charge on any atom is -0.344 e. The summed E-state index contributed by atoms with van der Waals surface area (Å²) in [5, 5.41) is 7.49. The van der Waals surface area contributed by atoms with E-state index in [2.05, 4.69) is 0 Å². The van der Waals surface area contributed by atoms with E-state index in [0.29, 0.717) is 17.9 Å². The lowest BCUT2D eigenvalue weighted by molar-refractivity contribution is -0.115. The van der Waals surface area contributed by atoms with Crippen LogP contribution < -0.4 is 11.1 Å². The Labute approximate surface area is 165 Å². The highest BCUT2D eigenvalue weighted by Gasteiger charge is 2.34. The molecule has 27 heavy (non-hydrogen) atoms. The lowest BCUT2D eigenvalue weighted by Crippen LogP contribution is -2.28. The first kappa shape index (κ1) is 22.9. The van der Waals surface area contributed by atoms with E-state index in [9.17, 15) is 9.18 Å². The standard InChI is InChI=1S/C19H19FN2OS.C2H6.H3N/c1-12-9-14(10-13(2)21)3-8-17(12)22-18(23)11-24-19(22)15-4-6-16(20)7-5-15;1-2;/h3-9,19,21H,10-11H2,1-2H3;1-2H3;1H3. The van der Waals surface area contributed by atoms with Gasteiger partial charge < -0.3 is 11.6 Å². The van der Waals surface area contributed by atoms with Gasteiger partial charge in [-0.15, -0.1) is 11.8 Å². The van der Waals surface area contributed by atoms with E-state index in [1.807, 2.05) is 39.0 Å². The quantitative estimate of drug-likeness (QED) is 0.660. The van der Waals surface area contributed by atoms with Crippen molar-refractivity contribution in [3.63, 3.8) is 0 Å². The highest BCUT2D eigenvalue weighted by Crippen LogP contribution is 2.42.